The third kappa shape index (κ3) is 4.08. The van der Waals surface area contributed by atoms with Crippen LogP contribution in [0.4, 0.5) is 10.8 Å². The van der Waals surface area contributed by atoms with Gasteiger partial charge in [-0.1, -0.05) is 6.42 Å². The van der Waals surface area contributed by atoms with Crippen LogP contribution in [0.15, 0.2) is 17.5 Å². The highest BCUT2D eigenvalue weighted by atomic mass is 32.1. The van der Waals surface area contributed by atoms with E-state index in [2.05, 4.69) is 26.6 Å². The molecule has 0 saturated carbocycles. The molecule has 3 aromatic heterocycles. The van der Waals surface area contributed by atoms with Crippen LogP contribution in [-0.4, -0.2) is 37.5 Å². The van der Waals surface area contributed by atoms with Crippen molar-refractivity contribution < 1.29 is 4.79 Å². The van der Waals surface area contributed by atoms with Crippen LogP contribution in [0.3, 0.4) is 0 Å². The molecule has 2 N–H and O–H groups in total. The lowest BCUT2D eigenvalue weighted by Gasteiger charge is -2.25. The van der Waals surface area contributed by atoms with Gasteiger partial charge in [0, 0.05) is 34.6 Å². The molecule has 31 heavy (non-hydrogen) atoms. The average molecular weight is 437 g/mol. The number of anilines is 2. The van der Waals surface area contributed by atoms with E-state index in [9.17, 15) is 4.79 Å². The standard InChI is InChI=1S/C23H28N6OS/c1-14-11-16(26-23-25-15(2)13-31-23)12-19(24-14)20-9-6-10-29(20)22(30)21-17-7-4-3-5-8-18(17)27-28-21/h11-13,20H,3-10H2,1-2H3,(H,27,28)(H,24,25,26)/t20-/m0/s1. The van der Waals surface area contributed by atoms with Crippen molar-refractivity contribution in [2.75, 3.05) is 11.9 Å². The number of likely N-dealkylation sites (tertiary alicyclic amines) is 1. The number of nitrogens with zero attached hydrogens (tertiary/aromatic N) is 4. The van der Waals surface area contributed by atoms with Crippen LogP contribution in [0.5, 0.6) is 0 Å². The quantitative estimate of drug-likeness (QED) is 0.570. The summed E-state index contributed by atoms with van der Waals surface area (Å²) in [4.78, 5) is 24.8. The summed E-state index contributed by atoms with van der Waals surface area (Å²) in [6, 6.07) is 4.06. The molecule has 1 fully saturated rings. The van der Waals surface area contributed by atoms with E-state index in [-0.39, 0.29) is 11.9 Å². The van der Waals surface area contributed by atoms with E-state index in [0.29, 0.717) is 5.69 Å². The number of pyridine rings is 1. The Morgan fingerprint density at radius 2 is 2.00 bits per heavy atom. The zero-order valence-corrected chi connectivity index (χ0v) is 18.9. The van der Waals surface area contributed by atoms with Crippen molar-refractivity contribution in [2.24, 2.45) is 0 Å². The van der Waals surface area contributed by atoms with Crippen LogP contribution in [0, 0.1) is 13.8 Å². The van der Waals surface area contributed by atoms with Crippen molar-refractivity contribution in [1.82, 2.24) is 25.1 Å². The number of aryl methyl sites for hydroxylation is 3. The molecule has 5 rings (SSSR count). The third-order valence-corrected chi connectivity index (χ3v) is 7.08. The Bertz CT molecular complexity index is 1100. The highest BCUT2D eigenvalue weighted by molar-refractivity contribution is 7.13. The summed E-state index contributed by atoms with van der Waals surface area (Å²) in [5.41, 5.74) is 6.73. The second-order valence-electron chi connectivity index (χ2n) is 8.59. The first-order valence-electron chi connectivity index (χ1n) is 11.1. The Kier molecular flexibility index (Phi) is 5.48. The van der Waals surface area contributed by atoms with Gasteiger partial charge in [-0.2, -0.15) is 5.10 Å². The average Bonchev–Trinajstić information content (AvgIpc) is 3.44. The van der Waals surface area contributed by atoms with Gasteiger partial charge >= 0.3 is 0 Å². The fraction of sp³-hybridized carbons (Fsp3) is 0.478. The van der Waals surface area contributed by atoms with Crippen LogP contribution >= 0.6 is 11.3 Å². The number of carbonyl (C=O) groups is 1. The number of aromatic amines is 1. The SMILES string of the molecule is Cc1cc(Nc2nc(C)cs2)cc([C@@H]2CCCN2C(=O)c2n[nH]c3c2CCCCC3)n1. The summed E-state index contributed by atoms with van der Waals surface area (Å²) in [7, 11) is 0. The first-order valence-corrected chi connectivity index (χ1v) is 12.0. The summed E-state index contributed by atoms with van der Waals surface area (Å²) in [6.07, 6.45) is 7.33. The van der Waals surface area contributed by atoms with Gasteiger partial charge in [0.25, 0.3) is 5.91 Å². The molecule has 0 aromatic carbocycles. The van der Waals surface area contributed by atoms with Crippen LogP contribution in [0.2, 0.25) is 0 Å². The second-order valence-corrected chi connectivity index (χ2v) is 9.45. The summed E-state index contributed by atoms with van der Waals surface area (Å²) in [5.74, 6) is 0.0373. The van der Waals surface area contributed by atoms with Crippen molar-refractivity contribution >= 4 is 28.1 Å². The molecule has 0 radical (unpaired) electrons. The van der Waals surface area contributed by atoms with Gasteiger partial charge in [0.05, 0.1) is 17.4 Å². The number of thiazole rings is 1. The van der Waals surface area contributed by atoms with Gasteiger partial charge in [-0.15, -0.1) is 11.3 Å². The van der Waals surface area contributed by atoms with E-state index < -0.39 is 0 Å². The first kappa shape index (κ1) is 20.2. The molecule has 2 aliphatic rings. The summed E-state index contributed by atoms with van der Waals surface area (Å²) < 4.78 is 0. The number of amides is 1. The van der Waals surface area contributed by atoms with Gasteiger partial charge in [0.1, 0.15) is 0 Å². The first-order chi connectivity index (χ1) is 15.1. The van der Waals surface area contributed by atoms with E-state index in [1.54, 1.807) is 11.3 Å². The van der Waals surface area contributed by atoms with Gasteiger partial charge in [0.15, 0.2) is 10.8 Å². The molecule has 0 unspecified atom stereocenters. The Morgan fingerprint density at radius 3 is 2.84 bits per heavy atom. The molecule has 4 heterocycles. The number of hydrogen-bond donors (Lipinski definition) is 2. The minimum Gasteiger partial charge on any atom is -0.331 e. The Morgan fingerprint density at radius 1 is 1.13 bits per heavy atom. The lowest BCUT2D eigenvalue weighted by Crippen LogP contribution is -2.32. The summed E-state index contributed by atoms with van der Waals surface area (Å²) >= 11 is 1.59. The molecular weight excluding hydrogens is 408 g/mol. The Labute approximate surface area is 186 Å². The molecule has 1 aliphatic heterocycles. The van der Waals surface area contributed by atoms with Gasteiger partial charge in [0.2, 0.25) is 0 Å². The zero-order valence-electron chi connectivity index (χ0n) is 18.1. The fourth-order valence-electron chi connectivity index (χ4n) is 4.76. The zero-order chi connectivity index (χ0) is 21.4. The number of hydrogen-bond acceptors (Lipinski definition) is 6. The predicted octanol–water partition coefficient (Wildman–Crippen LogP) is 4.87. The Hall–Kier alpha value is -2.74. The van der Waals surface area contributed by atoms with Gasteiger partial charge in [-0.25, -0.2) is 4.98 Å². The van der Waals surface area contributed by atoms with Crippen molar-refractivity contribution in [1.29, 1.82) is 0 Å². The maximum atomic E-state index is 13.5. The molecule has 0 bridgehead atoms. The van der Waals surface area contributed by atoms with Gasteiger partial charge < -0.3 is 10.2 Å². The summed E-state index contributed by atoms with van der Waals surface area (Å²) in [6.45, 7) is 4.73. The van der Waals surface area contributed by atoms with Crippen LogP contribution in [0.25, 0.3) is 0 Å². The fourth-order valence-corrected chi connectivity index (χ4v) is 5.47. The van der Waals surface area contributed by atoms with Crippen LogP contribution < -0.4 is 5.32 Å². The number of carbonyl (C=O) groups excluding carboxylic acids is 1. The molecule has 3 aromatic rings. The predicted molar refractivity (Wildman–Crippen MR) is 122 cm³/mol. The van der Waals surface area contributed by atoms with Crippen LogP contribution in [0.1, 0.15) is 77.0 Å². The molecule has 1 amide bonds. The maximum Gasteiger partial charge on any atom is 0.275 e. The van der Waals surface area contributed by atoms with Gasteiger partial charge in [-0.05, 0) is 64.5 Å². The molecule has 8 heteroatoms. The summed E-state index contributed by atoms with van der Waals surface area (Å²) in [5, 5.41) is 13.9. The Balaban J connectivity index is 1.41. The highest BCUT2D eigenvalue weighted by Gasteiger charge is 2.34. The van der Waals surface area contributed by atoms with Crippen molar-refractivity contribution in [3.8, 4) is 0 Å². The molecule has 162 valence electrons. The van der Waals surface area contributed by atoms with Crippen molar-refractivity contribution in [3.05, 3.63) is 51.5 Å². The third-order valence-electron chi connectivity index (χ3n) is 6.21. The largest absolute Gasteiger partial charge is 0.331 e. The second kappa shape index (κ2) is 8.42. The lowest BCUT2D eigenvalue weighted by molar-refractivity contribution is 0.0725. The molecule has 1 saturated heterocycles. The number of nitrogens with one attached hydrogen (secondary N) is 2. The van der Waals surface area contributed by atoms with Crippen molar-refractivity contribution in [2.45, 2.75) is 64.8 Å². The maximum absolute atomic E-state index is 13.5. The van der Waals surface area contributed by atoms with E-state index in [4.69, 9.17) is 4.98 Å². The lowest BCUT2D eigenvalue weighted by atomic mass is 10.1. The topological polar surface area (TPSA) is 86.8 Å². The van der Waals surface area contributed by atoms with Crippen molar-refractivity contribution in [3.63, 3.8) is 0 Å². The van der Waals surface area contributed by atoms with Gasteiger partial charge in [-0.3, -0.25) is 14.9 Å². The minimum atomic E-state index is -0.0240. The number of aromatic nitrogens is 4. The number of rotatable bonds is 4. The smallest absolute Gasteiger partial charge is 0.275 e. The molecule has 7 nitrogen and oxygen atoms in total. The minimum absolute atomic E-state index is 0.0240. The molecule has 1 aliphatic carbocycles. The monoisotopic (exact) mass is 436 g/mol. The molecule has 0 spiro atoms. The highest BCUT2D eigenvalue weighted by Crippen LogP contribution is 2.35. The van der Waals surface area contributed by atoms with Crippen LogP contribution in [-0.2, 0) is 12.8 Å². The van der Waals surface area contributed by atoms with E-state index in [1.165, 1.54) is 6.42 Å². The molecular formula is C23H28N6OS. The van der Waals surface area contributed by atoms with E-state index in [1.807, 2.05) is 30.2 Å². The van der Waals surface area contributed by atoms with E-state index >= 15 is 0 Å². The normalized spacial score (nSPS) is 18.6. The van der Waals surface area contributed by atoms with E-state index in [0.717, 1.165) is 84.2 Å². The molecule has 1 atom stereocenters. The number of fused-ring (bicyclic) bond motifs is 1. The number of H-pyrrole nitrogens is 1.